The molecule has 0 N–H and O–H groups in total. The van der Waals surface area contributed by atoms with Gasteiger partial charge in [0.15, 0.2) is 5.69 Å². The molecule has 254 valence electrons. The normalized spacial score (nSPS) is 11.6. The SMILES string of the molecule is [C-]#[N+]c1cccc2c1c1ccccc1n2-c1cccc(-c2ccc(C#N)c(-n3c4ccccc4c4ccc(-n5c6ccccc6c6ccccc65)cc43)c2)c1. The van der Waals surface area contributed by atoms with Gasteiger partial charge < -0.3 is 13.7 Å². The fourth-order valence-electron chi connectivity index (χ4n) is 8.75. The van der Waals surface area contributed by atoms with E-state index in [4.69, 9.17) is 6.57 Å². The Kier molecular flexibility index (Phi) is 6.61. The molecule has 0 aliphatic rings. The highest BCUT2D eigenvalue weighted by molar-refractivity contribution is 6.15. The topological polar surface area (TPSA) is 42.9 Å². The number of rotatable bonds is 4. The quantitative estimate of drug-likeness (QED) is 0.169. The molecule has 0 saturated carbocycles. The lowest BCUT2D eigenvalue weighted by molar-refractivity contribution is 1.15. The molecule has 0 bridgehead atoms. The Balaban J connectivity index is 1.13. The van der Waals surface area contributed by atoms with Crippen molar-refractivity contribution < 1.29 is 0 Å². The zero-order valence-electron chi connectivity index (χ0n) is 29.5. The van der Waals surface area contributed by atoms with Gasteiger partial charge in [-0.3, -0.25) is 0 Å². The van der Waals surface area contributed by atoms with Gasteiger partial charge in [0, 0.05) is 43.8 Å². The van der Waals surface area contributed by atoms with Gasteiger partial charge in [-0.2, -0.15) is 5.26 Å². The molecule has 0 aliphatic carbocycles. The van der Waals surface area contributed by atoms with Crippen LogP contribution in [0.4, 0.5) is 5.69 Å². The van der Waals surface area contributed by atoms with Crippen LogP contribution in [0.2, 0.25) is 0 Å². The summed E-state index contributed by atoms with van der Waals surface area (Å²) >= 11 is 0. The van der Waals surface area contributed by atoms with Crippen molar-refractivity contribution in [2.24, 2.45) is 0 Å². The largest absolute Gasteiger partial charge is 0.311 e. The van der Waals surface area contributed by atoms with Crippen molar-refractivity contribution >= 4 is 71.1 Å². The molecule has 0 atom stereocenters. The lowest BCUT2D eigenvalue weighted by atomic mass is 10.0. The van der Waals surface area contributed by atoms with Crippen molar-refractivity contribution in [1.29, 1.82) is 5.26 Å². The van der Waals surface area contributed by atoms with Gasteiger partial charge in [0.05, 0.1) is 45.4 Å². The summed E-state index contributed by atoms with van der Waals surface area (Å²) in [5.41, 5.74) is 12.6. The Morgan fingerprint density at radius 1 is 0.418 bits per heavy atom. The summed E-state index contributed by atoms with van der Waals surface area (Å²) in [5.74, 6) is 0. The van der Waals surface area contributed by atoms with Crippen LogP contribution in [0, 0.1) is 17.9 Å². The number of nitriles is 1. The molecule has 0 saturated heterocycles. The van der Waals surface area contributed by atoms with Crippen LogP contribution in [0.15, 0.2) is 176 Å². The Morgan fingerprint density at radius 2 is 0.945 bits per heavy atom. The molecule has 11 aromatic rings. The number of hydrogen-bond donors (Lipinski definition) is 0. The standard InChI is InChI=1S/C50H29N5/c1-52-42-18-11-23-47-50(42)41-17-5-9-22-46(41)54(47)35-13-10-12-32(28-35)33-24-25-34(31-51)48(29-33)55-45-21-8-4-16-39(45)40-27-26-36(30-49(40)55)53-43-19-6-2-14-37(43)38-15-3-7-20-44(38)53/h2-30H. The minimum absolute atomic E-state index is 0.596. The van der Waals surface area contributed by atoms with Crippen LogP contribution >= 0.6 is 0 Å². The maximum atomic E-state index is 10.6. The molecular formula is C50H29N5. The number of benzene rings is 8. The molecule has 5 nitrogen and oxygen atoms in total. The van der Waals surface area contributed by atoms with E-state index in [9.17, 15) is 5.26 Å². The molecule has 5 heteroatoms. The van der Waals surface area contributed by atoms with Crippen LogP contribution < -0.4 is 0 Å². The average molecular weight is 700 g/mol. The van der Waals surface area contributed by atoms with E-state index in [1.54, 1.807) is 0 Å². The van der Waals surface area contributed by atoms with E-state index in [2.05, 4.69) is 164 Å². The second-order valence-corrected chi connectivity index (χ2v) is 14.0. The summed E-state index contributed by atoms with van der Waals surface area (Å²) in [5, 5.41) is 17.3. The highest BCUT2D eigenvalue weighted by Crippen LogP contribution is 2.40. The molecule has 0 amide bonds. The molecule has 11 rings (SSSR count). The van der Waals surface area contributed by atoms with E-state index in [-0.39, 0.29) is 0 Å². The first-order chi connectivity index (χ1) is 27.2. The van der Waals surface area contributed by atoms with Gasteiger partial charge in [0.2, 0.25) is 0 Å². The molecule has 0 aliphatic heterocycles. The first-order valence-electron chi connectivity index (χ1n) is 18.3. The fraction of sp³-hybridized carbons (Fsp3) is 0. The second kappa shape index (κ2) is 11.8. The van der Waals surface area contributed by atoms with E-state index < -0.39 is 0 Å². The van der Waals surface area contributed by atoms with E-state index >= 15 is 0 Å². The van der Waals surface area contributed by atoms with Gasteiger partial charge in [-0.05, 0) is 83.2 Å². The third-order valence-corrected chi connectivity index (χ3v) is 11.1. The lowest BCUT2D eigenvalue weighted by Gasteiger charge is -2.15. The highest BCUT2D eigenvalue weighted by Gasteiger charge is 2.19. The van der Waals surface area contributed by atoms with Crippen LogP contribution in [0.3, 0.4) is 0 Å². The summed E-state index contributed by atoms with van der Waals surface area (Å²) < 4.78 is 6.85. The molecule has 8 aromatic carbocycles. The number of hydrogen-bond acceptors (Lipinski definition) is 1. The molecular weight excluding hydrogens is 671 g/mol. The lowest BCUT2D eigenvalue weighted by Crippen LogP contribution is -2.00. The zero-order valence-corrected chi connectivity index (χ0v) is 29.5. The Morgan fingerprint density at radius 3 is 1.62 bits per heavy atom. The summed E-state index contributed by atoms with van der Waals surface area (Å²) in [6.07, 6.45) is 0. The predicted octanol–water partition coefficient (Wildman–Crippen LogP) is 13.1. The summed E-state index contributed by atoms with van der Waals surface area (Å²) in [6.45, 7) is 7.88. The van der Waals surface area contributed by atoms with Crippen LogP contribution in [0.1, 0.15) is 5.56 Å². The van der Waals surface area contributed by atoms with Gasteiger partial charge in [-0.25, -0.2) is 4.85 Å². The van der Waals surface area contributed by atoms with Gasteiger partial charge in [-0.1, -0.05) is 109 Å². The Labute approximate surface area is 316 Å². The molecule has 3 aromatic heterocycles. The third-order valence-electron chi connectivity index (χ3n) is 11.1. The minimum Gasteiger partial charge on any atom is -0.311 e. The molecule has 0 fully saturated rings. The van der Waals surface area contributed by atoms with Crippen molar-refractivity contribution in [3.05, 3.63) is 193 Å². The average Bonchev–Trinajstić information content (AvgIpc) is 3.89. The van der Waals surface area contributed by atoms with Crippen LogP contribution in [0.25, 0.3) is 98.5 Å². The number of nitrogens with zero attached hydrogens (tertiary/aromatic N) is 5. The molecule has 3 heterocycles. The van der Waals surface area contributed by atoms with Gasteiger partial charge in [-0.15, -0.1) is 0 Å². The van der Waals surface area contributed by atoms with Crippen LogP contribution in [-0.4, -0.2) is 13.7 Å². The minimum atomic E-state index is 0.596. The van der Waals surface area contributed by atoms with E-state index in [0.29, 0.717) is 11.3 Å². The van der Waals surface area contributed by atoms with Crippen molar-refractivity contribution in [2.45, 2.75) is 0 Å². The predicted molar refractivity (Wildman–Crippen MR) is 226 cm³/mol. The molecule has 0 unspecified atom stereocenters. The highest BCUT2D eigenvalue weighted by atomic mass is 15.0. The summed E-state index contributed by atoms with van der Waals surface area (Å²) in [7, 11) is 0. The molecule has 55 heavy (non-hydrogen) atoms. The first-order valence-corrected chi connectivity index (χ1v) is 18.3. The van der Waals surface area contributed by atoms with E-state index in [1.807, 2.05) is 36.4 Å². The van der Waals surface area contributed by atoms with E-state index in [0.717, 1.165) is 82.8 Å². The van der Waals surface area contributed by atoms with E-state index in [1.165, 1.54) is 10.8 Å². The second-order valence-electron chi connectivity index (χ2n) is 14.0. The van der Waals surface area contributed by atoms with Crippen molar-refractivity contribution in [1.82, 2.24) is 13.7 Å². The van der Waals surface area contributed by atoms with Gasteiger partial charge >= 0.3 is 0 Å². The third kappa shape index (κ3) is 4.45. The molecule has 0 spiro atoms. The van der Waals surface area contributed by atoms with Crippen molar-refractivity contribution in [3.63, 3.8) is 0 Å². The number of fused-ring (bicyclic) bond motifs is 9. The summed E-state index contributed by atoms with van der Waals surface area (Å²) in [4.78, 5) is 3.87. The maximum Gasteiger partial charge on any atom is 0.197 e. The number of para-hydroxylation sites is 4. The maximum absolute atomic E-state index is 10.6. The summed E-state index contributed by atoms with van der Waals surface area (Å²) in [6, 6.07) is 63.7. The zero-order chi connectivity index (χ0) is 36.6. The van der Waals surface area contributed by atoms with Crippen molar-refractivity contribution in [2.75, 3.05) is 0 Å². The van der Waals surface area contributed by atoms with Crippen LogP contribution in [0.5, 0.6) is 0 Å². The smallest absolute Gasteiger partial charge is 0.197 e. The molecule has 0 radical (unpaired) electrons. The Hall–Kier alpha value is -7.86. The van der Waals surface area contributed by atoms with Gasteiger partial charge in [0.1, 0.15) is 6.07 Å². The van der Waals surface area contributed by atoms with Crippen LogP contribution in [-0.2, 0) is 0 Å². The Bertz CT molecular complexity index is 3420. The van der Waals surface area contributed by atoms with Gasteiger partial charge in [0.25, 0.3) is 0 Å². The fourth-order valence-corrected chi connectivity index (χ4v) is 8.75. The van der Waals surface area contributed by atoms with Crippen molar-refractivity contribution in [3.8, 4) is 34.3 Å². The number of aromatic nitrogens is 3. The first kappa shape index (κ1) is 30.7. The monoisotopic (exact) mass is 699 g/mol.